The third-order valence-corrected chi connectivity index (χ3v) is 5.23. The number of nitrogens with one attached hydrogen (secondary N) is 2. The summed E-state index contributed by atoms with van der Waals surface area (Å²) in [5, 5.41) is 6.96. The molecular weight excluding hydrogens is 296 g/mol. The monoisotopic (exact) mass is 322 g/mol. The Bertz CT molecular complexity index is 521. The Morgan fingerprint density at radius 1 is 1.27 bits per heavy atom. The molecule has 0 aromatic heterocycles. The van der Waals surface area contributed by atoms with Gasteiger partial charge >= 0.3 is 0 Å². The van der Waals surface area contributed by atoms with Crippen LogP contribution in [0.2, 0.25) is 5.02 Å². The number of benzene rings is 1. The maximum atomic E-state index is 12.2. The number of aryl methyl sites for hydroxylation is 2. The van der Waals surface area contributed by atoms with Crippen LogP contribution in [0.25, 0.3) is 0 Å². The van der Waals surface area contributed by atoms with Crippen LogP contribution in [0, 0.1) is 25.7 Å². The minimum Gasteiger partial charge on any atom is -0.323 e. The van der Waals surface area contributed by atoms with Crippen molar-refractivity contribution in [1.82, 2.24) is 5.32 Å². The van der Waals surface area contributed by atoms with E-state index in [0.717, 1.165) is 29.2 Å². The van der Waals surface area contributed by atoms with Gasteiger partial charge in [-0.15, -0.1) is 0 Å². The third kappa shape index (κ3) is 4.23. The zero-order valence-electron chi connectivity index (χ0n) is 14.0. The fourth-order valence-corrected chi connectivity index (χ4v) is 3.72. The first-order chi connectivity index (χ1) is 10.4. The van der Waals surface area contributed by atoms with Crippen LogP contribution < -0.4 is 10.6 Å². The van der Waals surface area contributed by atoms with Gasteiger partial charge in [-0.05, 0) is 49.3 Å². The minimum atomic E-state index is -0.0284. The standard InChI is InChI=1S/C18H27ClN2O/c1-11-8-13(3)18(15(19)9-11)21-17(22)10-20-16-7-5-6-12(2)14(16)4/h8-9,12,14,16,20H,5-7,10H2,1-4H3,(H,21,22). The van der Waals surface area contributed by atoms with Crippen molar-refractivity contribution in [3.63, 3.8) is 0 Å². The summed E-state index contributed by atoms with van der Waals surface area (Å²) in [7, 11) is 0. The largest absolute Gasteiger partial charge is 0.323 e. The van der Waals surface area contributed by atoms with E-state index in [-0.39, 0.29) is 5.91 Å². The lowest BCUT2D eigenvalue weighted by Gasteiger charge is -2.34. The quantitative estimate of drug-likeness (QED) is 0.867. The van der Waals surface area contributed by atoms with E-state index in [0.29, 0.717) is 23.5 Å². The van der Waals surface area contributed by atoms with E-state index < -0.39 is 0 Å². The Morgan fingerprint density at radius 3 is 2.68 bits per heavy atom. The first-order valence-corrected chi connectivity index (χ1v) is 8.56. The normalized spacial score (nSPS) is 25.0. The van der Waals surface area contributed by atoms with Crippen molar-refractivity contribution in [1.29, 1.82) is 0 Å². The van der Waals surface area contributed by atoms with Gasteiger partial charge in [0, 0.05) is 6.04 Å². The molecule has 122 valence electrons. The first-order valence-electron chi connectivity index (χ1n) is 8.18. The van der Waals surface area contributed by atoms with Crippen LogP contribution in [-0.2, 0) is 4.79 Å². The number of rotatable bonds is 4. The van der Waals surface area contributed by atoms with Crippen LogP contribution in [0.15, 0.2) is 12.1 Å². The summed E-state index contributed by atoms with van der Waals surface area (Å²) in [5.74, 6) is 1.31. The Kier molecular flexibility index (Phi) is 5.87. The van der Waals surface area contributed by atoms with Gasteiger partial charge in [-0.25, -0.2) is 0 Å². The molecule has 0 bridgehead atoms. The highest BCUT2D eigenvalue weighted by Gasteiger charge is 2.26. The summed E-state index contributed by atoms with van der Waals surface area (Å²) in [6, 6.07) is 4.34. The zero-order valence-corrected chi connectivity index (χ0v) is 14.8. The third-order valence-electron chi connectivity index (χ3n) is 4.93. The predicted octanol–water partition coefficient (Wildman–Crippen LogP) is 4.31. The van der Waals surface area contributed by atoms with Crippen LogP contribution in [0.5, 0.6) is 0 Å². The minimum absolute atomic E-state index is 0.0284. The van der Waals surface area contributed by atoms with E-state index in [1.54, 1.807) is 0 Å². The molecular formula is C18H27ClN2O. The lowest BCUT2D eigenvalue weighted by Crippen LogP contribution is -2.43. The van der Waals surface area contributed by atoms with Gasteiger partial charge in [0.25, 0.3) is 0 Å². The molecule has 1 amide bonds. The molecule has 3 unspecified atom stereocenters. The Labute approximate surface area is 138 Å². The van der Waals surface area contributed by atoms with Crippen LogP contribution in [0.4, 0.5) is 5.69 Å². The van der Waals surface area contributed by atoms with Crippen molar-refractivity contribution in [2.75, 3.05) is 11.9 Å². The molecule has 2 rings (SSSR count). The highest BCUT2D eigenvalue weighted by Crippen LogP contribution is 2.30. The molecule has 3 atom stereocenters. The van der Waals surface area contributed by atoms with Gasteiger partial charge in [-0.2, -0.15) is 0 Å². The molecule has 0 spiro atoms. The summed E-state index contributed by atoms with van der Waals surface area (Å²) in [4.78, 5) is 12.2. The van der Waals surface area contributed by atoms with Gasteiger partial charge < -0.3 is 10.6 Å². The van der Waals surface area contributed by atoms with Gasteiger partial charge in [0.1, 0.15) is 0 Å². The molecule has 0 saturated heterocycles. The van der Waals surface area contributed by atoms with Crippen molar-refractivity contribution in [3.05, 3.63) is 28.3 Å². The molecule has 1 aliphatic rings. The smallest absolute Gasteiger partial charge is 0.238 e. The second-order valence-corrected chi connectivity index (χ2v) is 7.15. The lowest BCUT2D eigenvalue weighted by atomic mass is 9.78. The molecule has 1 saturated carbocycles. The molecule has 1 aliphatic carbocycles. The number of amides is 1. The predicted molar refractivity (Wildman–Crippen MR) is 93.5 cm³/mol. The number of halogens is 1. The summed E-state index contributed by atoms with van der Waals surface area (Å²) in [6.07, 6.45) is 3.69. The lowest BCUT2D eigenvalue weighted by molar-refractivity contribution is -0.115. The Balaban J connectivity index is 1.91. The van der Waals surface area contributed by atoms with Crippen molar-refractivity contribution in [3.8, 4) is 0 Å². The summed E-state index contributed by atoms with van der Waals surface area (Å²) in [5.41, 5.74) is 2.82. The van der Waals surface area contributed by atoms with Gasteiger partial charge in [0.05, 0.1) is 17.3 Å². The Hall–Kier alpha value is -1.06. The molecule has 4 heteroatoms. The number of anilines is 1. The molecule has 0 radical (unpaired) electrons. The topological polar surface area (TPSA) is 41.1 Å². The van der Waals surface area contributed by atoms with E-state index in [9.17, 15) is 4.79 Å². The number of carbonyl (C=O) groups excluding carboxylic acids is 1. The van der Waals surface area contributed by atoms with Gasteiger partial charge in [0.2, 0.25) is 5.91 Å². The van der Waals surface area contributed by atoms with Gasteiger partial charge in [0.15, 0.2) is 0 Å². The fraction of sp³-hybridized carbons (Fsp3) is 0.611. The van der Waals surface area contributed by atoms with E-state index in [2.05, 4.69) is 24.5 Å². The van der Waals surface area contributed by atoms with E-state index in [1.807, 2.05) is 26.0 Å². The molecule has 0 heterocycles. The summed E-state index contributed by atoms with van der Waals surface area (Å²) >= 11 is 6.23. The van der Waals surface area contributed by atoms with Gasteiger partial charge in [-0.3, -0.25) is 4.79 Å². The highest BCUT2D eigenvalue weighted by molar-refractivity contribution is 6.34. The maximum Gasteiger partial charge on any atom is 0.238 e. The van der Waals surface area contributed by atoms with Crippen molar-refractivity contribution in [2.24, 2.45) is 11.8 Å². The number of hydrogen-bond acceptors (Lipinski definition) is 2. The average Bonchev–Trinajstić information content (AvgIpc) is 2.44. The molecule has 3 nitrogen and oxygen atoms in total. The van der Waals surface area contributed by atoms with E-state index in [4.69, 9.17) is 11.6 Å². The SMILES string of the molecule is Cc1cc(C)c(NC(=O)CNC2CCCC(C)C2C)c(Cl)c1. The average molecular weight is 323 g/mol. The molecule has 0 aliphatic heterocycles. The summed E-state index contributed by atoms with van der Waals surface area (Å²) < 4.78 is 0. The molecule has 1 aromatic rings. The zero-order chi connectivity index (χ0) is 16.3. The van der Waals surface area contributed by atoms with Gasteiger partial charge in [-0.1, -0.05) is 44.4 Å². The van der Waals surface area contributed by atoms with Crippen molar-refractivity contribution < 1.29 is 4.79 Å². The van der Waals surface area contributed by atoms with E-state index >= 15 is 0 Å². The van der Waals surface area contributed by atoms with Crippen molar-refractivity contribution in [2.45, 2.75) is 53.0 Å². The second-order valence-electron chi connectivity index (χ2n) is 6.74. The van der Waals surface area contributed by atoms with Crippen molar-refractivity contribution >= 4 is 23.2 Å². The first kappa shape index (κ1) is 17.3. The molecule has 2 N–H and O–H groups in total. The summed E-state index contributed by atoms with van der Waals surface area (Å²) in [6.45, 7) is 8.88. The Morgan fingerprint density at radius 2 is 2.00 bits per heavy atom. The fourth-order valence-electron chi connectivity index (χ4n) is 3.35. The second kappa shape index (κ2) is 7.47. The molecule has 1 aromatic carbocycles. The highest BCUT2D eigenvalue weighted by atomic mass is 35.5. The van der Waals surface area contributed by atoms with Crippen LogP contribution in [-0.4, -0.2) is 18.5 Å². The molecule has 22 heavy (non-hydrogen) atoms. The number of hydrogen-bond donors (Lipinski definition) is 2. The van der Waals surface area contributed by atoms with E-state index in [1.165, 1.54) is 12.8 Å². The van der Waals surface area contributed by atoms with Crippen LogP contribution in [0.3, 0.4) is 0 Å². The van der Waals surface area contributed by atoms with Crippen LogP contribution >= 0.6 is 11.6 Å². The number of carbonyl (C=O) groups is 1. The molecule has 1 fully saturated rings. The maximum absolute atomic E-state index is 12.2. The van der Waals surface area contributed by atoms with Crippen LogP contribution in [0.1, 0.15) is 44.2 Å².